The van der Waals surface area contributed by atoms with Crippen LogP contribution in [0.3, 0.4) is 0 Å². The molecule has 0 saturated carbocycles. The number of carbonyl (C=O) groups is 1. The van der Waals surface area contributed by atoms with E-state index in [1.54, 1.807) is 0 Å². The minimum atomic E-state index is 0.188. The van der Waals surface area contributed by atoms with Crippen LogP contribution in [0.1, 0.15) is 50.6 Å². The van der Waals surface area contributed by atoms with Crippen molar-refractivity contribution in [2.24, 2.45) is 5.92 Å². The van der Waals surface area contributed by atoms with Gasteiger partial charge in [0.05, 0.1) is 12.6 Å². The summed E-state index contributed by atoms with van der Waals surface area (Å²) < 4.78 is 5.50. The van der Waals surface area contributed by atoms with Crippen LogP contribution in [0.5, 0.6) is 5.75 Å². The zero-order valence-electron chi connectivity index (χ0n) is 13.3. The van der Waals surface area contributed by atoms with Gasteiger partial charge >= 0.3 is 0 Å². The van der Waals surface area contributed by atoms with Crippen LogP contribution in [0.15, 0.2) is 36.4 Å². The SMILES string of the molecule is CCOc1ccc([C@@H]2CCCN2C(=O)[C@H]2CC=CCC2)cc1. The first-order valence-corrected chi connectivity index (χ1v) is 8.48. The van der Waals surface area contributed by atoms with E-state index in [2.05, 4.69) is 29.2 Å². The normalized spacial score (nSPS) is 24.5. The lowest BCUT2D eigenvalue weighted by Crippen LogP contribution is -2.36. The third-order valence-corrected chi connectivity index (χ3v) is 4.73. The summed E-state index contributed by atoms with van der Waals surface area (Å²) >= 11 is 0. The van der Waals surface area contributed by atoms with Crippen molar-refractivity contribution in [3.8, 4) is 5.75 Å². The number of allylic oxidation sites excluding steroid dienone is 2. The molecule has 3 heteroatoms. The summed E-state index contributed by atoms with van der Waals surface area (Å²) in [5.74, 6) is 1.44. The molecule has 1 aliphatic heterocycles. The predicted octanol–water partition coefficient (Wildman–Crippen LogP) is 4.11. The molecule has 0 unspecified atom stereocenters. The Bertz CT molecular complexity index is 535. The maximum atomic E-state index is 12.8. The standard InChI is InChI=1S/C19H25NO2/c1-2-22-17-12-10-15(11-13-17)18-9-6-14-20(18)19(21)16-7-4-3-5-8-16/h3-4,10-13,16,18H,2,5-9,14H2,1H3/t16-,18-/m0/s1. The van der Waals surface area contributed by atoms with Crippen molar-refractivity contribution in [3.63, 3.8) is 0 Å². The Balaban J connectivity index is 1.72. The van der Waals surface area contributed by atoms with Crippen molar-refractivity contribution in [2.75, 3.05) is 13.2 Å². The fraction of sp³-hybridized carbons (Fsp3) is 0.526. The molecular weight excluding hydrogens is 274 g/mol. The average molecular weight is 299 g/mol. The van der Waals surface area contributed by atoms with Crippen LogP contribution < -0.4 is 4.74 Å². The lowest BCUT2D eigenvalue weighted by Gasteiger charge is -2.29. The zero-order valence-corrected chi connectivity index (χ0v) is 13.3. The molecular formula is C19H25NO2. The molecule has 3 nitrogen and oxygen atoms in total. The third kappa shape index (κ3) is 3.18. The summed E-state index contributed by atoms with van der Waals surface area (Å²) in [5, 5.41) is 0. The minimum Gasteiger partial charge on any atom is -0.494 e. The molecule has 118 valence electrons. The number of hydrogen-bond acceptors (Lipinski definition) is 2. The van der Waals surface area contributed by atoms with Crippen molar-refractivity contribution in [1.29, 1.82) is 0 Å². The average Bonchev–Trinajstić information content (AvgIpc) is 3.05. The lowest BCUT2D eigenvalue weighted by atomic mass is 9.92. The summed E-state index contributed by atoms with van der Waals surface area (Å²) in [6.45, 7) is 3.57. The molecule has 0 aromatic heterocycles. The number of benzene rings is 1. The number of carbonyl (C=O) groups excluding carboxylic acids is 1. The van der Waals surface area contributed by atoms with Gasteiger partial charge in [0.25, 0.3) is 0 Å². The van der Waals surface area contributed by atoms with Gasteiger partial charge in [0.15, 0.2) is 0 Å². The van der Waals surface area contributed by atoms with Crippen LogP contribution in [0.2, 0.25) is 0 Å². The first-order chi connectivity index (χ1) is 10.8. The Kier molecular flexibility index (Phi) is 4.81. The largest absolute Gasteiger partial charge is 0.494 e. The van der Waals surface area contributed by atoms with Crippen molar-refractivity contribution < 1.29 is 9.53 Å². The van der Waals surface area contributed by atoms with E-state index in [0.29, 0.717) is 12.5 Å². The van der Waals surface area contributed by atoms with Gasteiger partial charge in [0, 0.05) is 12.5 Å². The second-order valence-corrected chi connectivity index (χ2v) is 6.17. The quantitative estimate of drug-likeness (QED) is 0.783. The molecule has 0 spiro atoms. The molecule has 2 aliphatic rings. The van der Waals surface area contributed by atoms with Crippen molar-refractivity contribution in [2.45, 2.75) is 45.1 Å². The molecule has 3 rings (SSSR count). The highest BCUT2D eigenvalue weighted by molar-refractivity contribution is 5.80. The van der Waals surface area contributed by atoms with E-state index in [4.69, 9.17) is 4.74 Å². The van der Waals surface area contributed by atoms with Gasteiger partial charge in [-0.05, 0) is 56.7 Å². The molecule has 1 heterocycles. The Hall–Kier alpha value is -1.77. The topological polar surface area (TPSA) is 29.5 Å². The Morgan fingerprint density at radius 1 is 1.23 bits per heavy atom. The van der Waals surface area contributed by atoms with E-state index < -0.39 is 0 Å². The summed E-state index contributed by atoms with van der Waals surface area (Å²) in [6.07, 6.45) is 9.48. The smallest absolute Gasteiger partial charge is 0.226 e. The van der Waals surface area contributed by atoms with E-state index in [1.165, 1.54) is 5.56 Å². The van der Waals surface area contributed by atoms with Gasteiger partial charge in [0.2, 0.25) is 5.91 Å². The number of nitrogens with zero attached hydrogens (tertiary/aromatic N) is 1. The molecule has 1 aromatic carbocycles. The highest BCUT2D eigenvalue weighted by Gasteiger charge is 2.33. The van der Waals surface area contributed by atoms with Crippen LogP contribution in [-0.2, 0) is 4.79 Å². The Morgan fingerprint density at radius 2 is 2.05 bits per heavy atom. The predicted molar refractivity (Wildman–Crippen MR) is 87.8 cm³/mol. The Labute approximate surface area is 133 Å². The number of hydrogen-bond donors (Lipinski definition) is 0. The van der Waals surface area contributed by atoms with Crippen molar-refractivity contribution in [1.82, 2.24) is 4.90 Å². The zero-order chi connectivity index (χ0) is 15.4. The van der Waals surface area contributed by atoms with Crippen LogP contribution in [-0.4, -0.2) is 24.0 Å². The maximum Gasteiger partial charge on any atom is 0.226 e. The molecule has 2 atom stereocenters. The number of likely N-dealkylation sites (tertiary alicyclic amines) is 1. The van der Waals surface area contributed by atoms with Crippen molar-refractivity contribution in [3.05, 3.63) is 42.0 Å². The Morgan fingerprint density at radius 3 is 2.73 bits per heavy atom. The van der Waals surface area contributed by atoms with E-state index in [9.17, 15) is 4.79 Å². The number of amides is 1. The van der Waals surface area contributed by atoms with Gasteiger partial charge in [-0.3, -0.25) is 4.79 Å². The fourth-order valence-electron chi connectivity index (χ4n) is 3.58. The second-order valence-electron chi connectivity index (χ2n) is 6.17. The van der Waals surface area contributed by atoms with Crippen molar-refractivity contribution >= 4 is 5.91 Å². The molecule has 1 saturated heterocycles. The van der Waals surface area contributed by atoms with Crippen LogP contribution >= 0.6 is 0 Å². The van der Waals surface area contributed by atoms with E-state index in [-0.39, 0.29) is 12.0 Å². The monoisotopic (exact) mass is 299 g/mol. The van der Waals surface area contributed by atoms with Gasteiger partial charge in [-0.1, -0.05) is 24.3 Å². The highest BCUT2D eigenvalue weighted by Crippen LogP contribution is 2.35. The highest BCUT2D eigenvalue weighted by atomic mass is 16.5. The van der Waals surface area contributed by atoms with E-state index in [0.717, 1.165) is 44.4 Å². The van der Waals surface area contributed by atoms with E-state index in [1.807, 2.05) is 19.1 Å². The minimum absolute atomic E-state index is 0.188. The first kappa shape index (κ1) is 15.1. The summed E-state index contributed by atoms with van der Waals surface area (Å²) in [7, 11) is 0. The molecule has 22 heavy (non-hydrogen) atoms. The van der Waals surface area contributed by atoms with Gasteiger partial charge in [0.1, 0.15) is 5.75 Å². The maximum absolute atomic E-state index is 12.8. The van der Waals surface area contributed by atoms with Crippen LogP contribution in [0, 0.1) is 5.92 Å². The van der Waals surface area contributed by atoms with Crippen LogP contribution in [0.25, 0.3) is 0 Å². The first-order valence-electron chi connectivity index (χ1n) is 8.48. The molecule has 0 N–H and O–H groups in total. The van der Waals surface area contributed by atoms with Crippen LogP contribution in [0.4, 0.5) is 0 Å². The molecule has 1 aliphatic carbocycles. The summed E-state index contributed by atoms with van der Waals surface area (Å²) in [4.78, 5) is 14.9. The molecule has 1 fully saturated rings. The second kappa shape index (κ2) is 6.99. The third-order valence-electron chi connectivity index (χ3n) is 4.73. The lowest BCUT2D eigenvalue weighted by molar-refractivity contribution is -0.136. The number of rotatable bonds is 4. The van der Waals surface area contributed by atoms with Gasteiger partial charge < -0.3 is 9.64 Å². The summed E-state index contributed by atoms with van der Waals surface area (Å²) in [5.41, 5.74) is 1.24. The molecule has 1 amide bonds. The fourth-order valence-corrected chi connectivity index (χ4v) is 3.58. The molecule has 1 aromatic rings. The van der Waals surface area contributed by atoms with E-state index >= 15 is 0 Å². The number of ether oxygens (including phenoxy) is 1. The van der Waals surface area contributed by atoms with Gasteiger partial charge in [-0.25, -0.2) is 0 Å². The van der Waals surface area contributed by atoms with Gasteiger partial charge in [-0.2, -0.15) is 0 Å². The van der Waals surface area contributed by atoms with Gasteiger partial charge in [-0.15, -0.1) is 0 Å². The summed E-state index contributed by atoms with van der Waals surface area (Å²) in [6, 6.07) is 8.50. The molecule has 0 radical (unpaired) electrons. The molecule has 0 bridgehead atoms.